The van der Waals surface area contributed by atoms with E-state index in [1.807, 2.05) is 20.8 Å². The number of carbonyl (C=O) groups excluding carboxylic acids is 2. The third kappa shape index (κ3) is 1.97. The van der Waals surface area contributed by atoms with Crippen molar-refractivity contribution in [2.75, 3.05) is 0 Å². The first kappa shape index (κ1) is 15.5. The average molecular weight is 316 g/mol. The lowest BCUT2D eigenvalue weighted by molar-refractivity contribution is -0.168. The highest BCUT2D eigenvalue weighted by Crippen LogP contribution is 2.65. The Bertz CT molecular complexity index is 695. The van der Waals surface area contributed by atoms with E-state index in [9.17, 15) is 14.7 Å². The molecule has 6 heteroatoms. The first-order valence-electron chi connectivity index (χ1n) is 7.59. The van der Waals surface area contributed by atoms with Crippen molar-refractivity contribution in [3.63, 3.8) is 0 Å². The maximum atomic E-state index is 12.6. The monoisotopic (exact) mass is 316 g/mol. The Morgan fingerprint density at radius 2 is 1.91 bits per heavy atom. The number of carbonyl (C=O) groups is 2. The summed E-state index contributed by atoms with van der Waals surface area (Å²) in [4.78, 5) is 24.8. The van der Waals surface area contributed by atoms with Gasteiger partial charge in [0.05, 0.1) is 11.6 Å². The minimum Gasteiger partial charge on any atom is -0.508 e. The first-order valence-corrected chi connectivity index (χ1v) is 7.59. The summed E-state index contributed by atoms with van der Waals surface area (Å²) < 4.78 is 5.49. The van der Waals surface area contributed by atoms with Gasteiger partial charge in [0.2, 0.25) is 0 Å². The van der Waals surface area contributed by atoms with Gasteiger partial charge in [-0.15, -0.1) is 0 Å². The Morgan fingerprint density at radius 1 is 1.26 bits per heavy atom. The molecule has 2 fully saturated rings. The van der Waals surface area contributed by atoms with Crippen LogP contribution in [0.25, 0.3) is 0 Å². The van der Waals surface area contributed by atoms with E-state index in [2.05, 4.69) is 10.5 Å². The summed E-state index contributed by atoms with van der Waals surface area (Å²) in [5.74, 6) is -0.548. The highest BCUT2D eigenvalue weighted by atomic mass is 16.6. The van der Waals surface area contributed by atoms with Crippen molar-refractivity contribution in [1.82, 2.24) is 5.43 Å². The van der Waals surface area contributed by atoms with Gasteiger partial charge < -0.3 is 9.84 Å². The highest BCUT2D eigenvalue weighted by molar-refractivity contribution is 5.96. The van der Waals surface area contributed by atoms with E-state index in [4.69, 9.17) is 4.74 Å². The molecule has 122 valence electrons. The van der Waals surface area contributed by atoms with Gasteiger partial charge in [-0.3, -0.25) is 9.59 Å². The van der Waals surface area contributed by atoms with Gasteiger partial charge in [0.25, 0.3) is 5.91 Å². The van der Waals surface area contributed by atoms with Crippen LogP contribution >= 0.6 is 0 Å². The SMILES string of the molecule is CC1(C)[C@@]2(C)CC[C@]1(C(=O)N/N=C/c1ccc(O)cc1)OC2=O. The second-order valence-corrected chi connectivity index (χ2v) is 6.96. The minimum absolute atomic E-state index is 0.162. The van der Waals surface area contributed by atoms with Crippen molar-refractivity contribution in [2.24, 2.45) is 15.9 Å². The van der Waals surface area contributed by atoms with Crippen LogP contribution in [0.5, 0.6) is 5.75 Å². The number of ether oxygens (including phenoxy) is 1. The summed E-state index contributed by atoms with van der Waals surface area (Å²) in [5.41, 5.74) is 0.842. The van der Waals surface area contributed by atoms with Crippen molar-refractivity contribution >= 4 is 18.1 Å². The summed E-state index contributed by atoms with van der Waals surface area (Å²) in [7, 11) is 0. The molecule has 1 aromatic rings. The largest absolute Gasteiger partial charge is 0.508 e. The van der Waals surface area contributed by atoms with Gasteiger partial charge in [-0.1, -0.05) is 13.8 Å². The third-order valence-electron chi connectivity index (χ3n) is 5.72. The topological polar surface area (TPSA) is 88.0 Å². The fraction of sp³-hybridized carbons (Fsp3) is 0.471. The molecule has 1 aliphatic heterocycles. The molecule has 2 bridgehead atoms. The second kappa shape index (κ2) is 4.81. The van der Waals surface area contributed by atoms with E-state index in [-0.39, 0.29) is 11.7 Å². The van der Waals surface area contributed by atoms with Crippen molar-refractivity contribution in [3.8, 4) is 5.75 Å². The van der Waals surface area contributed by atoms with Gasteiger partial charge >= 0.3 is 5.97 Å². The maximum absolute atomic E-state index is 12.6. The molecule has 1 heterocycles. The molecule has 0 spiro atoms. The molecular weight excluding hydrogens is 296 g/mol. The van der Waals surface area contributed by atoms with Crippen LogP contribution < -0.4 is 5.43 Å². The fourth-order valence-corrected chi connectivity index (χ4v) is 3.56. The Labute approximate surface area is 134 Å². The lowest BCUT2D eigenvalue weighted by atomic mass is 9.66. The zero-order valence-electron chi connectivity index (χ0n) is 13.4. The van der Waals surface area contributed by atoms with E-state index >= 15 is 0 Å². The molecule has 0 unspecified atom stereocenters. The van der Waals surface area contributed by atoms with Gasteiger partial charge in [-0.05, 0) is 49.6 Å². The van der Waals surface area contributed by atoms with Crippen LogP contribution in [-0.4, -0.2) is 28.8 Å². The van der Waals surface area contributed by atoms with Gasteiger partial charge in [-0.2, -0.15) is 5.10 Å². The van der Waals surface area contributed by atoms with Crippen LogP contribution in [0.1, 0.15) is 39.2 Å². The van der Waals surface area contributed by atoms with E-state index in [0.29, 0.717) is 12.8 Å². The van der Waals surface area contributed by atoms with E-state index < -0.39 is 22.3 Å². The quantitative estimate of drug-likeness (QED) is 0.507. The number of hydrogen-bond acceptors (Lipinski definition) is 5. The molecule has 2 aliphatic rings. The number of phenolic OH excluding ortho intramolecular Hbond substituents is 1. The molecule has 2 atom stereocenters. The van der Waals surface area contributed by atoms with Gasteiger partial charge in [-0.25, -0.2) is 5.43 Å². The molecule has 1 aromatic carbocycles. The van der Waals surface area contributed by atoms with Crippen LogP contribution in [0.2, 0.25) is 0 Å². The number of benzene rings is 1. The van der Waals surface area contributed by atoms with E-state index in [0.717, 1.165) is 5.56 Å². The predicted molar refractivity (Wildman–Crippen MR) is 83.8 cm³/mol. The summed E-state index contributed by atoms with van der Waals surface area (Å²) in [6, 6.07) is 6.42. The van der Waals surface area contributed by atoms with Crippen LogP contribution in [0, 0.1) is 10.8 Å². The van der Waals surface area contributed by atoms with E-state index in [1.165, 1.54) is 18.3 Å². The summed E-state index contributed by atoms with van der Waals surface area (Å²) in [5, 5.41) is 13.2. The second-order valence-electron chi connectivity index (χ2n) is 6.96. The molecule has 3 rings (SSSR count). The van der Waals surface area contributed by atoms with Crippen molar-refractivity contribution in [3.05, 3.63) is 29.8 Å². The number of nitrogens with one attached hydrogen (secondary N) is 1. The molecule has 6 nitrogen and oxygen atoms in total. The predicted octanol–water partition coefficient (Wildman–Crippen LogP) is 1.96. The number of rotatable bonds is 3. The van der Waals surface area contributed by atoms with Gasteiger partial charge in [0.15, 0.2) is 5.60 Å². The summed E-state index contributed by atoms with van der Waals surface area (Å²) in [6.45, 7) is 5.65. The summed E-state index contributed by atoms with van der Waals surface area (Å²) >= 11 is 0. The van der Waals surface area contributed by atoms with Crippen LogP contribution in [0.4, 0.5) is 0 Å². The Balaban J connectivity index is 1.76. The number of fused-ring (bicyclic) bond motifs is 2. The third-order valence-corrected chi connectivity index (χ3v) is 5.72. The molecule has 1 aliphatic carbocycles. The number of esters is 1. The Hall–Kier alpha value is -2.37. The lowest BCUT2D eigenvalue weighted by Crippen LogP contribution is -2.52. The van der Waals surface area contributed by atoms with Crippen molar-refractivity contribution in [2.45, 2.75) is 39.2 Å². The molecule has 1 saturated heterocycles. The lowest BCUT2D eigenvalue weighted by Gasteiger charge is -2.34. The summed E-state index contributed by atoms with van der Waals surface area (Å²) in [6.07, 6.45) is 2.61. The maximum Gasteiger partial charge on any atom is 0.313 e. The molecule has 2 N–H and O–H groups in total. The zero-order valence-corrected chi connectivity index (χ0v) is 13.4. The van der Waals surface area contributed by atoms with Crippen LogP contribution in [-0.2, 0) is 14.3 Å². The number of aromatic hydroxyl groups is 1. The van der Waals surface area contributed by atoms with Crippen LogP contribution in [0.3, 0.4) is 0 Å². The molecular formula is C17H20N2O4. The van der Waals surface area contributed by atoms with Crippen molar-refractivity contribution < 1.29 is 19.4 Å². The molecule has 1 amide bonds. The number of hydrogen-bond donors (Lipinski definition) is 2. The molecule has 0 aromatic heterocycles. The molecule has 1 saturated carbocycles. The smallest absolute Gasteiger partial charge is 0.313 e. The number of hydrazone groups is 1. The standard InChI is InChI=1S/C17H20N2O4/c1-15(2)16(3)8-9-17(15,23-14(16)22)13(21)19-18-10-11-4-6-12(20)7-5-11/h4-7,10,20H,8-9H2,1-3H3,(H,19,21)/b18-10+/t16-,17+/m0/s1. The van der Waals surface area contributed by atoms with E-state index in [1.54, 1.807) is 12.1 Å². The normalized spacial score (nSPS) is 31.3. The fourth-order valence-electron chi connectivity index (χ4n) is 3.56. The molecule has 23 heavy (non-hydrogen) atoms. The van der Waals surface area contributed by atoms with Crippen molar-refractivity contribution in [1.29, 1.82) is 0 Å². The zero-order chi connectivity index (χ0) is 16.9. The first-order chi connectivity index (χ1) is 10.7. The highest BCUT2D eigenvalue weighted by Gasteiger charge is 2.75. The average Bonchev–Trinajstić information content (AvgIpc) is 2.79. The number of nitrogens with zero attached hydrogens (tertiary/aromatic N) is 1. The van der Waals surface area contributed by atoms with Crippen LogP contribution in [0.15, 0.2) is 29.4 Å². The number of amides is 1. The molecule has 0 radical (unpaired) electrons. The van der Waals surface area contributed by atoms with Gasteiger partial charge in [0, 0.05) is 5.41 Å². The number of phenols is 1. The Morgan fingerprint density at radius 3 is 2.43 bits per heavy atom. The van der Waals surface area contributed by atoms with Gasteiger partial charge in [0.1, 0.15) is 5.75 Å². The Kier molecular flexibility index (Phi) is 3.25. The minimum atomic E-state index is -1.16.